The summed E-state index contributed by atoms with van der Waals surface area (Å²) in [5, 5.41) is 16.3. The van der Waals surface area contributed by atoms with Crippen LogP contribution in [0.25, 0.3) is 0 Å². The fraction of sp³-hybridized carbons (Fsp3) is 0.667. The monoisotopic (exact) mass is 286 g/mol. The topological polar surface area (TPSA) is 79.3 Å². The number of hydrogen-bond acceptors (Lipinski definition) is 6. The molecule has 19 heavy (non-hydrogen) atoms. The van der Waals surface area contributed by atoms with E-state index in [9.17, 15) is 5.11 Å². The smallest absolute Gasteiger partial charge is 0.224 e. The van der Waals surface area contributed by atoms with Gasteiger partial charge in [0.1, 0.15) is 11.3 Å². The van der Waals surface area contributed by atoms with Crippen LogP contribution in [0.4, 0.5) is 5.95 Å². The van der Waals surface area contributed by atoms with Crippen molar-refractivity contribution in [2.75, 3.05) is 31.6 Å². The largest absolute Gasteiger partial charge is 0.389 e. The Labute approximate surface area is 117 Å². The fourth-order valence-corrected chi connectivity index (χ4v) is 1.92. The highest BCUT2D eigenvalue weighted by Crippen LogP contribution is 2.21. The molecule has 0 radical (unpaired) electrons. The third-order valence-corrected chi connectivity index (χ3v) is 2.84. The molecule has 2 rings (SSSR count). The Morgan fingerprint density at radius 2 is 2.37 bits per heavy atom. The number of anilines is 1. The molecule has 1 saturated heterocycles. The van der Waals surface area contributed by atoms with Gasteiger partial charge in [0.2, 0.25) is 5.95 Å². The van der Waals surface area contributed by atoms with Gasteiger partial charge < -0.3 is 20.5 Å². The number of ether oxygens (including phenoxy) is 1. The summed E-state index contributed by atoms with van der Waals surface area (Å²) in [5.74, 6) is 0.402. The number of nitrogens with zero attached hydrogens (tertiary/aromatic N) is 2. The molecule has 106 valence electrons. The molecule has 0 saturated carbocycles. The molecule has 3 N–H and O–H groups in total. The highest BCUT2D eigenvalue weighted by molar-refractivity contribution is 6.29. The van der Waals surface area contributed by atoms with Crippen molar-refractivity contribution in [1.82, 2.24) is 15.3 Å². The molecule has 0 bridgehead atoms. The van der Waals surface area contributed by atoms with Crippen molar-refractivity contribution in [2.45, 2.75) is 25.6 Å². The molecule has 0 aliphatic carbocycles. The summed E-state index contributed by atoms with van der Waals surface area (Å²) in [6.07, 6.45) is -0.114. The SMILES string of the molecule is CC(C)(O)CNc1nc(Cl)cc(C2CNCCO2)n1. The molecule has 0 amide bonds. The van der Waals surface area contributed by atoms with Crippen molar-refractivity contribution in [3.05, 3.63) is 16.9 Å². The van der Waals surface area contributed by atoms with Crippen LogP contribution in [0, 0.1) is 0 Å². The standard InChI is InChI=1S/C12H19ClN4O2/c1-12(2,18)7-15-11-16-8(5-10(13)17-11)9-6-14-3-4-19-9/h5,9,14,18H,3-4,6-7H2,1-2H3,(H,15,16,17). The molecule has 0 aromatic carbocycles. The van der Waals surface area contributed by atoms with Crippen LogP contribution in [0.15, 0.2) is 6.07 Å². The van der Waals surface area contributed by atoms with Gasteiger partial charge in [0, 0.05) is 19.6 Å². The van der Waals surface area contributed by atoms with Gasteiger partial charge in [-0.1, -0.05) is 11.6 Å². The average Bonchev–Trinajstić information content (AvgIpc) is 2.36. The van der Waals surface area contributed by atoms with Crippen LogP contribution in [0.2, 0.25) is 5.15 Å². The summed E-state index contributed by atoms with van der Waals surface area (Å²) in [6, 6.07) is 1.70. The number of aliphatic hydroxyl groups is 1. The van der Waals surface area contributed by atoms with Gasteiger partial charge in [-0.25, -0.2) is 9.97 Å². The Morgan fingerprint density at radius 1 is 1.58 bits per heavy atom. The van der Waals surface area contributed by atoms with Gasteiger partial charge in [0.15, 0.2) is 0 Å². The third-order valence-electron chi connectivity index (χ3n) is 2.65. The minimum absolute atomic E-state index is 0.114. The van der Waals surface area contributed by atoms with Crippen molar-refractivity contribution in [3.63, 3.8) is 0 Å². The molecule has 7 heteroatoms. The summed E-state index contributed by atoms with van der Waals surface area (Å²) >= 11 is 5.99. The van der Waals surface area contributed by atoms with E-state index in [4.69, 9.17) is 16.3 Å². The molecule has 0 spiro atoms. The molecule has 1 aromatic rings. The predicted octanol–water partition coefficient (Wildman–Crippen LogP) is 0.974. The van der Waals surface area contributed by atoms with E-state index in [1.807, 2.05) is 0 Å². The number of aromatic nitrogens is 2. The van der Waals surface area contributed by atoms with Crippen molar-refractivity contribution in [3.8, 4) is 0 Å². The summed E-state index contributed by atoms with van der Waals surface area (Å²) in [7, 11) is 0. The van der Waals surface area contributed by atoms with Crippen molar-refractivity contribution in [2.24, 2.45) is 0 Å². The molecule has 1 aliphatic heterocycles. The minimum atomic E-state index is -0.839. The Morgan fingerprint density at radius 3 is 3.00 bits per heavy atom. The zero-order valence-corrected chi connectivity index (χ0v) is 11.9. The number of rotatable bonds is 4. The highest BCUT2D eigenvalue weighted by atomic mass is 35.5. The van der Waals surface area contributed by atoms with Gasteiger partial charge in [0.05, 0.1) is 17.9 Å². The van der Waals surface area contributed by atoms with Crippen LogP contribution in [0.5, 0.6) is 0 Å². The van der Waals surface area contributed by atoms with Crippen molar-refractivity contribution >= 4 is 17.5 Å². The van der Waals surface area contributed by atoms with Crippen LogP contribution >= 0.6 is 11.6 Å². The van der Waals surface area contributed by atoms with Crippen LogP contribution in [-0.4, -0.2) is 46.9 Å². The maximum atomic E-state index is 9.68. The van der Waals surface area contributed by atoms with E-state index in [0.29, 0.717) is 30.8 Å². The van der Waals surface area contributed by atoms with Gasteiger partial charge >= 0.3 is 0 Å². The highest BCUT2D eigenvalue weighted by Gasteiger charge is 2.19. The van der Waals surface area contributed by atoms with Gasteiger partial charge in [-0.3, -0.25) is 0 Å². The second kappa shape index (κ2) is 6.00. The first-order valence-corrected chi connectivity index (χ1v) is 6.65. The zero-order valence-electron chi connectivity index (χ0n) is 11.1. The van der Waals surface area contributed by atoms with E-state index in [1.54, 1.807) is 19.9 Å². The van der Waals surface area contributed by atoms with Crippen molar-refractivity contribution in [1.29, 1.82) is 0 Å². The fourth-order valence-electron chi connectivity index (χ4n) is 1.73. The lowest BCUT2D eigenvalue weighted by atomic mass is 10.1. The molecule has 6 nitrogen and oxygen atoms in total. The molecule has 1 unspecified atom stereocenters. The maximum absolute atomic E-state index is 9.68. The quantitative estimate of drug-likeness (QED) is 0.716. The Hall–Kier alpha value is -0.950. The number of halogens is 1. The first-order valence-electron chi connectivity index (χ1n) is 6.27. The molecular weight excluding hydrogens is 268 g/mol. The van der Waals surface area contributed by atoms with Gasteiger partial charge in [0.25, 0.3) is 0 Å². The van der Waals surface area contributed by atoms with Gasteiger partial charge in [-0.05, 0) is 19.9 Å². The molecule has 2 heterocycles. The average molecular weight is 287 g/mol. The Bertz CT molecular complexity index is 430. The van der Waals surface area contributed by atoms with Gasteiger partial charge in [-0.15, -0.1) is 0 Å². The lowest BCUT2D eigenvalue weighted by Crippen LogP contribution is -2.34. The van der Waals surface area contributed by atoms with E-state index in [0.717, 1.165) is 12.2 Å². The van der Waals surface area contributed by atoms with E-state index in [-0.39, 0.29) is 6.10 Å². The number of hydrogen-bond donors (Lipinski definition) is 3. The Balaban J connectivity index is 2.10. The summed E-state index contributed by atoms with van der Waals surface area (Å²) in [5.41, 5.74) is -0.0974. The van der Waals surface area contributed by atoms with E-state index < -0.39 is 5.60 Å². The minimum Gasteiger partial charge on any atom is -0.389 e. The molecule has 1 aliphatic rings. The van der Waals surface area contributed by atoms with Crippen LogP contribution in [0.1, 0.15) is 25.6 Å². The molecule has 1 aromatic heterocycles. The number of morpholine rings is 1. The first kappa shape index (κ1) is 14.5. The van der Waals surface area contributed by atoms with Crippen LogP contribution in [-0.2, 0) is 4.74 Å². The van der Waals surface area contributed by atoms with Crippen molar-refractivity contribution < 1.29 is 9.84 Å². The van der Waals surface area contributed by atoms with Crippen LogP contribution < -0.4 is 10.6 Å². The lowest BCUT2D eigenvalue weighted by molar-refractivity contribution is 0.0250. The zero-order chi connectivity index (χ0) is 13.9. The molecule has 1 fully saturated rings. The van der Waals surface area contributed by atoms with E-state index in [2.05, 4.69) is 20.6 Å². The summed E-state index contributed by atoms with van der Waals surface area (Å²) < 4.78 is 5.63. The summed E-state index contributed by atoms with van der Waals surface area (Å²) in [4.78, 5) is 8.47. The van der Waals surface area contributed by atoms with E-state index in [1.165, 1.54) is 0 Å². The maximum Gasteiger partial charge on any atom is 0.224 e. The van der Waals surface area contributed by atoms with E-state index >= 15 is 0 Å². The second-order valence-electron chi connectivity index (χ2n) is 5.17. The second-order valence-corrected chi connectivity index (χ2v) is 5.56. The molecule has 1 atom stereocenters. The predicted molar refractivity (Wildman–Crippen MR) is 73.4 cm³/mol. The number of nitrogens with one attached hydrogen (secondary N) is 2. The summed E-state index contributed by atoms with van der Waals surface area (Å²) in [6.45, 7) is 5.96. The van der Waals surface area contributed by atoms with Gasteiger partial charge in [-0.2, -0.15) is 0 Å². The Kier molecular flexibility index (Phi) is 4.57. The molecular formula is C12H19ClN4O2. The first-order chi connectivity index (χ1) is 8.94. The lowest BCUT2D eigenvalue weighted by Gasteiger charge is -2.24. The third kappa shape index (κ3) is 4.58. The van der Waals surface area contributed by atoms with Crippen LogP contribution in [0.3, 0.4) is 0 Å². The normalized spacial score (nSPS) is 20.3.